The second-order valence-electron chi connectivity index (χ2n) is 6.22. The molecule has 0 bridgehead atoms. The molecular formula is C20H28Cl2N2O. The molecule has 0 radical (unpaired) electrons. The summed E-state index contributed by atoms with van der Waals surface area (Å²) in [6, 6.07) is 21.9. The van der Waals surface area contributed by atoms with Gasteiger partial charge in [0.15, 0.2) is 0 Å². The molecule has 1 aliphatic heterocycles. The van der Waals surface area contributed by atoms with Gasteiger partial charge in [0.1, 0.15) is 6.73 Å². The van der Waals surface area contributed by atoms with Crippen molar-refractivity contribution in [2.45, 2.75) is 25.4 Å². The quantitative estimate of drug-likeness (QED) is 0.678. The molecule has 1 aliphatic rings. The Bertz CT molecular complexity index is 575. The maximum atomic E-state index is 5.45. The Kier molecular flexibility index (Phi) is 9.91. The number of benzene rings is 2. The van der Waals surface area contributed by atoms with Gasteiger partial charge in [-0.3, -0.25) is 4.90 Å². The van der Waals surface area contributed by atoms with Gasteiger partial charge in [0.25, 0.3) is 0 Å². The van der Waals surface area contributed by atoms with Gasteiger partial charge in [-0.05, 0) is 30.5 Å². The number of likely N-dealkylation sites (tertiary alicyclic amines) is 1. The fourth-order valence-electron chi connectivity index (χ4n) is 3.38. The van der Waals surface area contributed by atoms with Gasteiger partial charge in [0.05, 0.1) is 0 Å². The zero-order chi connectivity index (χ0) is 15.9. The van der Waals surface area contributed by atoms with Crippen molar-refractivity contribution in [3.63, 3.8) is 0 Å². The Morgan fingerprint density at radius 2 is 1.48 bits per heavy atom. The lowest BCUT2D eigenvalue weighted by molar-refractivity contribution is 0.158. The summed E-state index contributed by atoms with van der Waals surface area (Å²) in [6.45, 7) is 4.01. The molecular weight excluding hydrogens is 355 g/mol. The van der Waals surface area contributed by atoms with Gasteiger partial charge in [-0.1, -0.05) is 48.5 Å². The Morgan fingerprint density at radius 3 is 2.04 bits per heavy atom. The van der Waals surface area contributed by atoms with Crippen LogP contribution < -0.4 is 4.90 Å². The lowest BCUT2D eigenvalue weighted by Gasteiger charge is -2.39. The highest BCUT2D eigenvalue weighted by Gasteiger charge is 2.24. The predicted molar refractivity (Wildman–Crippen MR) is 110 cm³/mol. The summed E-state index contributed by atoms with van der Waals surface area (Å²) < 4.78 is 5.45. The van der Waals surface area contributed by atoms with Crippen LogP contribution in [0.15, 0.2) is 60.7 Å². The number of nitrogens with zero attached hydrogens (tertiary/aromatic N) is 2. The van der Waals surface area contributed by atoms with E-state index in [1.54, 1.807) is 7.11 Å². The minimum atomic E-state index is 0. The molecule has 25 heavy (non-hydrogen) atoms. The Labute approximate surface area is 163 Å². The molecule has 3 nitrogen and oxygen atoms in total. The summed E-state index contributed by atoms with van der Waals surface area (Å²) >= 11 is 0. The van der Waals surface area contributed by atoms with Crippen LogP contribution in [0.25, 0.3) is 0 Å². The van der Waals surface area contributed by atoms with Gasteiger partial charge < -0.3 is 9.64 Å². The first kappa shape index (κ1) is 21.8. The molecule has 138 valence electrons. The predicted octanol–water partition coefficient (Wildman–Crippen LogP) is 4.61. The number of hydrogen-bond acceptors (Lipinski definition) is 3. The van der Waals surface area contributed by atoms with Crippen LogP contribution in [0.5, 0.6) is 0 Å². The lowest BCUT2D eigenvalue weighted by atomic mass is 10.0. The molecule has 2 aromatic rings. The first-order valence-electron chi connectivity index (χ1n) is 8.44. The molecule has 5 heteroatoms. The molecule has 0 amide bonds. The third kappa shape index (κ3) is 6.19. The number of rotatable bonds is 6. The molecule has 0 atom stereocenters. The summed E-state index contributed by atoms with van der Waals surface area (Å²) in [5.41, 5.74) is 2.67. The molecule has 2 aromatic carbocycles. The highest BCUT2D eigenvalue weighted by molar-refractivity contribution is 5.85. The summed E-state index contributed by atoms with van der Waals surface area (Å²) in [7, 11) is 1.78. The standard InChI is InChI=1S/C20H26N2O.2ClH/c1-23-17-22(19-10-6-3-7-11-19)20-12-14-21(15-13-20)16-18-8-4-2-5-9-18;;/h2-11,20H,12-17H2,1H3;2*1H. The van der Waals surface area contributed by atoms with Crippen molar-refractivity contribution in [2.75, 3.05) is 31.8 Å². The Balaban J connectivity index is 0.00000156. The fraction of sp³-hybridized carbons (Fsp3) is 0.400. The smallest absolute Gasteiger partial charge is 0.118 e. The summed E-state index contributed by atoms with van der Waals surface area (Å²) in [4.78, 5) is 4.96. The van der Waals surface area contributed by atoms with E-state index >= 15 is 0 Å². The number of methoxy groups -OCH3 is 1. The largest absolute Gasteiger partial charge is 0.364 e. The van der Waals surface area contributed by atoms with Crippen molar-refractivity contribution in [3.05, 3.63) is 66.2 Å². The zero-order valence-electron chi connectivity index (χ0n) is 14.7. The Morgan fingerprint density at radius 1 is 0.920 bits per heavy atom. The van der Waals surface area contributed by atoms with Crippen molar-refractivity contribution in [1.29, 1.82) is 0 Å². The second-order valence-corrected chi connectivity index (χ2v) is 6.22. The van der Waals surface area contributed by atoms with Gasteiger partial charge in [0, 0.05) is 38.5 Å². The van der Waals surface area contributed by atoms with Crippen LogP contribution in [0.4, 0.5) is 5.69 Å². The van der Waals surface area contributed by atoms with Crippen LogP contribution in [0.3, 0.4) is 0 Å². The summed E-state index contributed by atoms with van der Waals surface area (Å²) in [6.07, 6.45) is 2.37. The normalized spacial score (nSPS) is 15.1. The van der Waals surface area contributed by atoms with Gasteiger partial charge in [-0.15, -0.1) is 24.8 Å². The van der Waals surface area contributed by atoms with E-state index in [2.05, 4.69) is 70.5 Å². The SMILES string of the molecule is COCN(c1ccccc1)C1CCN(Cc2ccccc2)CC1.Cl.Cl. The van der Waals surface area contributed by atoms with E-state index in [1.807, 2.05) is 0 Å². The van der Waals surface area contributed by atoms with Gasteiger partial charge in [-0.2, -0.15) is 0 Å². The number of para-hydroxylation sites is 1. The number of hydrogen-bond donors (Lipinski definition) is 0. The van der Waals surface area contributed by atoms with Gasteiger partial charge in [-0.25, -0.2) is 0 Å². The molecule has 0 aliphatic carbocycles. The number of anilines is 1. The van der Waals surface area contributed by atoms with Crippen LogP contribution in [-0.2, 0) is 11.3 Å². The molecule has 0 N–H and O–H groups in total. The number of halogens is 2. The van der Waals surface area contributed by atoms with Crippen molar-refractivity contribution < 1.29 is 4.74 Å². The molecule has 0 spiro atoms. The van der Waals surface area contributed by atoms with E-state index in [9.17, 15) is 0 Å². The first-order valence-corrected chi connectivity index (χ1v) is 8.44. The summed E-state index contributed by atoms with van der Waals surface area (Å²) in [5.74, 6) is 0. The van der Waals surface area contributed by atoms with Crippen LogP contribution in [0.1, 0.15) is 18.4 Å². The van der Waals surface area contributed by atoms with Crippen molar-refractivity contribution in [2.24, 2.45) is 0 Å². The molecule has 1 saturated heterocycles. The van der Waals surface area contributed by atoms with Crippen LogP contribution in [0, 0.1) is 0 Å². The maximum absolute atomic E-state index is 5.45. The van der Waals surface area contributed by atoms with E-state index in [-0.39, 0.29) is 24.8 Å². The maximum Gasteiger partial charge on any atom is 0.118 e. The monoisotopic (exact) mass is 382 g/mol. The van der Waals surface area contributed by atoms with E-state index in [0.717, 1.165) is 19.6 Å². The minimum Gasteiger partial charge on any atom is -0.364 e. The third-order valence-electron chi connectivity index (χ3n) is 4.60. The van der Waals surface area contributed by atoms with Crippen LogP contribution in [0.2, 0.25) is 0 Å². The van der Waals surface area contributed by atoms with Crippen molar-refractivity contribution >= 4 is 30.5 Å². The average molecular weight is 383 g/mol. The Hall–Kier alpha value is -1.26. The van der Waals surface area contributed by atoms with E-state index in [1.165, 1.54) is 24.1 Å². The molecule has 0 unspecified atom stereocenters. The highest BCUT2D eigenvalue weighted by atomic mass is 35.5. The molecule has 1 fully saturated rings. The van der Waals surface area contributed by atoms with Crippen molar-refractivity contribution in [3.8, 4) is 0 Å². The second kappa shape index (κ2) is 11.4. The molecule has 0 aromatic heterocycles. The topological polar surface area (TPSA) is 15.7 Å². The van der Waals surface area contributed by atoms with E-state index in [4.69, 9.17) is 4.74 Å². The number of piperidine rings is 1. The zero-order valence-corrected chi connectivity index (χ0v) is 16.3. The lowest BCUT2D eigenvalue weighted by Crippen LogP contribution is -2.45. The first-order chi connectivity index (χ1) is 11.4. The van der Waals surface area contributed by atoms with Crippen LogP contribution >= 0.6 is 24.8 Å². The van der Waals surface area contributed by atoms with Crippen molar-refractivity contribution in [1.82, 2.24) is 4.90 Å². The van der Waals surface area contributed by atoms with E-state index in [0.29, 0.717) is 12.8 Å². The van der Waals surface area contributed by atoms with E-state index < -0.39 is 0 Å². The third-order valence-corrected chi connectivity index (χ3v) is 4.60. The highest BCUT2D eigenvalue weighted by Crippen LogP contribution is 2.24. The molecule has 1 heterocycles. The molecule has 3 rings (SSSR count). The summed E-state index contributed by atoms with van der Waals surface area (Å²) in [5, 5.41) is 0. The average Bonchev–Trinajstić information content (AvgIpc) is 2.62. The number of ether oxygens (including phenoxy) is 1. The van der Waals surface area contributed by atoms with Gasteiger partial charge >= 0.3 is 0 Å². The minimum absolute atomic E-state index is 0. The molecule has 0 saturated carbocycles. The van der Waals surface area contributed by atoms with Crippen LogP contribution in [-0.4, -0.2) is 37.9 Å². The van der Waals surface area contributed by atoms with Gasteiger partial charge in [0.2, 0.25) is 0 Å². The fourth-order valence-corrected chi connectivity index (χ4v) is 3.38.